The minimum Gasteiger partial charge on any atom is -0.476 e. The molecule has 2 atom stereocenters. The van der Waals surface area contributed by atoms with Crippen LogP contribution in [0.1, 0.15) is 73.4 Å². The minimum absolute atomic E-state index is 0.0179. The molecule has 1 aromatic heterocycles. The smallest absolute Gasteiger partial charge is 0.416 e. The van der Waals surface area contributed by atoms with Gasteiger partial charge in [-0.2, -0.15) is 23.1 Å². The lowest BCUT2D eigenvalue weighted by Gasteiger charge is -2.32. The van der Waals surface area contributed by atoms with Gasteiger partial charge in [0.15, 0.2) is 5.69 Å². The molecule has 2 heterocycles. The van der Waals surface area contributed by atoms with E-state index in [0.717, 1.165) is 69.4 Å². The largest absolute Gasteiger partial charge is 0.476 e. The third-order valence-electron chi connectivity index (χ3n) is 9.91. The van der Waals surface area contributed by atoms with E-state index in [1.807, 2.05) is 32.0 Å². The Kier molecular flexibility index (Phi) is 12.3. The molecule has 3 aromatic carbocycles. The van der Waals surface area contributed by atoms with Gasteiger partial charge >= 0.3 is 6.18 Å². The summed E-state index contributed by atoms with van der Waals surface area (Å²) in [6.45, 7) is 7.45. The molecule has 0 spiro atoms. The van der Waals surface area contributed by atoms with Crippen molar-refractivity contribution in [1.29, 1.82) is 0 Å². The zero-order valence-corrected chi connectivity index (χ0v) is 30.1. The quantitative estimate of drug-likeness (QED) is 0.125. The summed E-state index contributed by atoms with van der Waals surface area (Å²) in [7, 11) is 0. The predicted molar refractivity (Wildman–Crippen MR) is 197 cm³/mol. The number of aromatic nitrogens is 2. The molecule has 1 N–H and O–H groups in total. The molecule has 2 aliphatic rings. The van der Waals surface area contributed by atoms with Crippen molar-refractivity contribution in [2.75, 3.05) is 44.3 Å². The van der Waals surface area contributed by atoms with Crippen molar-refractivity contribution in [3.05, 3.63) is 102 Å². The second-order valence-electron chi connectivity index (χ2n) is 13.5. The van der Waals surface area contributed by atoms with Gasteiger partial charge in [-0.25, -0.2) is 0 Å². The van der Waals surface area contributed by atoms with Crippen LogP contribution in [-0.4, -0.2) is 72.1 Å². The van der Waals surface area contributed by atoms with E-state index in [2.05, 4.69) is 32.3 Å². The lowest BCUT2D eigenvalue weighted by atomic mass is 9.97. The molecular weight excluding hydrogens is 683 g/mol. The third kappa shape index (κ3) is 9.34. The standard InChI is InChI=1S/C41H46F3N5O4/c1-3-52-38-36(39(53-4-2)46-27-45-38)49(40(51)35-26-34(35)28-12-6-5-7-13-28)23-11-10-22-48-24-20-31(21-25-48)47-37(50)33-15-9-8-14-32(33)29-16-18-30(19-17-29)41(42,43)44/h5-9,12-19,27,31,34-35H,3-4,10-11,20-26H2,1-2H3,(H,47,50)/t34-,35+/m0/s1. The number of benzene rings is 3. The fraction of sp³-hybridized carbons (Fsp3) is 0.415. The van der Waals surface area contributed by atoms with Crippen LogP contribution in [0.2, 0.25) is 0 Å². The Hall–Kier alpha value is -4.97. The van der Waals surface area contributed by atoms with E-state index in [-0.39, 0.29) is 29.7 Å². The van der Waals surface area contributed by atoms with Gasteiger partial charge in [0.25, 0.3) is 5.91 Å². The van der Waals surface area contributed by atoms with Gasteiger partial charge in [-0.3, -0.25) is 9.59 Å². The van der Waals surface area contributed by atoms with E-state index in [9.17, 15) is 22.8 Å². The second kappa shape index (κ2) is 17.2. The highest BCUT2D eigenvalue weighted by Crippen LogP contribution is 2.50. The Morgan fingerprint density at radius 2 is 1.51 bits per heavy atom. The number of hydrogen-bond donors (Lipinski definition) is 1. The highest BCUT2D eigenvalue weighted by atomic mass is 19.4. The van der Waals surface area contributed by atoms with Crippen LogP contribution >= 0.6 is 0 Å². The van der Waals surface area contributed by atoms with Gasteiger partial charge in [-0.15, -0.1) is 0 Å². The van der Waals surface area contributed by atoms with Crippen LogP contribution in [0, 0.1) is 5.92 Å². The molecule has 0 bridgehead atoms. The van der Waals surface area contributed by atoms with Crippen LogP contribution in [-0.2, 0) is 11.0 Å². The van der Waals surface area contributed by atoms with Crippen LogP contribution in [0.25, 0.3) is 11.1 Å². The lowest BCUT2D eigenvalue weighted by molar-refractivity contribution is -0.137. The number of carbonyl (C=O) groups excluding carboxylic acids is 2. The molecule has 12 heteroatoms. The monoisotopic (exact) mass is 729 g/mol. The number of hydrogen-bond acceptors (Lipinski definition) is 7. The van der Waals surface area contributed by atoms with Crippen LogP contribution < -0.4 is 19.7 Å². The average Bonchev–Trinajstić information content (AvgIpc) is 3.98. The van der Waals surface area contributed by atoms with Crippen LogP contribution in [0.3, 0.4) is 0 Å². The van der Waals surface area contributed by atoms with Crippen molar-refractivity contribution in [2.45, 2.75) is 64.1 Å². The summed E-state index contributed by atoms with van der Waals surface area (Å²) in [5, 5.41) is 3.15. The van der Waals surface area contributed by atoms with E-state index in [1.54, 1.807) is 29.2 Å². The number of nitrogens with one attached hydrogen (secondary N) is 1. The summed E-state index contributed by atoms with van der Waals surface area (Å²) in [6.07, 6.45) is 0.915. The Morgan fingerprint density at radius 1 is 0.868 bits per heavy atom. The fourth-order valence-corrected chi connectivity index (χ4v) is 7.07. The van der Waals surface area contributed by atoms with Gasteiger partial charge in [0.1, 0.15) is 6.33 Å². The van der Waals surface area contributed by atoms with E-state index in [4.69, 9.17) is 9.47 Å². The molecule has 4 aromatic rings. The number of ether oxygens (including phenoxy) is 2. The zero-order chi connectivity index (χ0) is 37.4. The Labute approximate surface area is 308 Å². The molecule has 9 nitrogen and oxygen atoms in total. The van der Waals surface area contributed by atoms with Crippen molar-refractivity contribution in [3.63, 3.8) is 0 Å². The summed E-state index contributed by atoms with van der Waals surface area (Å²) in [5.41, 5.74) is 2.48. The number of halogens is 3. The second-order valence-corrected chi connectivity index (χ2v) is 13.5. The normalized spacial score (nSPS) is 17.6. The highest BCUT2D eigenvalue weighted by Gasteiger charge is 2.47. The number of anilines is 1. The SMILES string of the molecule is CCOc1ncnc(OCC)c1N(CCCCN1CCC(NC(=O)c2ccccc2-c2ccc(C(F)(F)F)cc2)CC1)C(=O)[C@@H]1C[C@H]1c1ccccc1. The molecule has 1 saturated carbocycles. The van der Waals surface area contributed by atoms with E-state index in [0.29, 0.717) is 53.9 Å². The molecule has 1 aliphatic heterocycles. The first-order valence-electron chi connectivity index (χ1n) is 18.4. The van der Waals surface area contributed by atoms with Crippen molar-refractivity contribution >= 4 is 17.5 Å². The van der Waals surface area contributed by atoms with Crippen LogP contribution in [0.5, 0.6) is 11.8 Å². The number of alkyl halides is 3. The number of nitrogens with zero attached hydrogens (tertiary/aromatic N) is 4. The van der Waals surface area contributed by atoms with E-state index in [1.165, 1.54) is 18.5 Å². The molecule has 53 heavy (non-hydrogen) atoms. The van der Waals surface area contributed by atoms with Crippen molar-refractivity contribution < 1.29 is 32.2 Å². The van der Waals surface area contributed by atoms with Gasteiger partial charge in [0, 0.05) is 37.2 Å². The third-order valence-corrected chi connectivity index (χ3v) is 9.91. The minimum atomic E-state index is -4.42. The molecule has 0 radical (unpaired) electrons. The zero-order valence-electron chi connectivity index (χ0n) is 30.1. The van der Waals surface area contributed by atoms with Gasteiger partial charge in [-0.1, -0.05) is 60.7 Å². The van der Waals surface area contributed by atoms with E-state index < -0.39 is 11.7 Å². The Bertz CT molecular complexity index is 1810. The summed E-state index contributed by atoms with van der Waals surface area (Å²) < 4.78 is 51.1. The number of piperidine rings is 1. The highest BCUT2D eigenvalue weighted by molar-refractivity contribution is 6.01. The first kappa shape index (κ1) is 37.8. The number of carbonyl (C=O) groups is 2. The topological polar surface area (TPSA) is 96.9 Å². The van der Waals surface area contributed by atoms with Gasteiger partial charge < -0.3 is 24.6 Å². The number of likely N-dealkylation sites (tertiary alicyclic amines) is 1. The van der Waals surface area contributed by atoms with Gasteiger partial charge in [0.05, 0.1) is 18.8 Å². The van der Waals surface area contributed by atoms with Crippen LogP contribution in [0.4, 0.5) is 18.9 Å². The van der Waals surface area contributed by atoms with Crippen LogP contribution in [0.15, 0.2) is 85.2 Å². The molecule has 280 valence electrons. The number of unbranched alkanes of at least 4 members (excludes halogenated alkanes) is 1. The molecule has 2 amide bonds. The van der Waals surface area contributed by atoms with E-state index >= 15 is 0 Å². The fourth-order valence-electron chi connectivity index (χ4n) is 7.07. The Morgan fingerprint density at radius 3 is 2.15 bits per heavy atom. The number of amides is 2. The lowest BCUT2D eigenvalue weighted by Crippen LogP contribution is -2.45. The summed E-state index contributed by atoms with van der Waals surface area (Å²) in [6, 6.07) is 22.0. The maximum atomic E-state index is 14.1. The maximum absolute atomic E-state index is 14.1. The Balaban J connectivity index is 1.04. The molecule has 2 fully saturated rings. The number of rotatable bonds is 15. The summed E-state index contributed by atoms with van der Waals surface area (Å²) >= 11 is 0. The summed E-state index contributed by atoms with van der Waals surface area (Å²) in [4.78, 5) is 40.4. The predicted octanol–water partition coefficient (Wildman–Crippen LogP) is 7.77. The first-order chi connectivity index (χ1) is 25.7. The van der Waals surface area contributed by atoms with Crippen molar-refractivity contribution in [2.24, 2.45) is 5.92 Å². The molecular formula is C41H46F3N5O4. The first-order valence-corrected chi connectivity index (χ1v) is 18.4. The maximum Gasteiger partial charge on any atom is 0.416 e. The molecule has 0 unspecified atom stereocenters. The van der Waals surface area contributed by atoms with Crippen molar-refractivity contribution in [1.82, 2.24) is 20.2 Å². The van der Waals surface area contributed by atoms with Crippen molar-refractivity contribution in [3.8, 4) is 22.9 Å². The van der Waals surface area contributed by atoms with Gasteiger partial charge in [0.2, 0.25) is 17.7 Å². The summed E-state index contributed by atoms with van der Waals surface area (Å²) in [5.74, 6) is 0.480. The molecule has 1 saturated heterocycles. The molecule has 6 rings (SSSR count). The average molecular weight is 730 g/mol. The van der Waals surface area contributed by atoms with Gasteiger partial charge in [-0.05, 0) is 93.3 Å². The molecule has 1 aliphatic carbocycles.